The minimum Gasteiger partial charge on any atom is -0.282 e. The van der Waals surface area contributed by atoms with E-state index in [1.54, 1.807) is 41.3 Å². The van der Waals surface area contributed by atoms with Gasteiger partial charge in [-0.25, -0.2) is 4.39 Å². The number of amides is 1. The van der Waals surface area contributed by atoms with Crippen molar-refractivity contribution >= 4 is 34.0 Å². The van der Waals surface area contributed by atoms with Crippen LogP contribution in [0.1, 0.15) is 23.2 Å². The molecule has 1 amide bonds. The van der Waals surface area contributed by atoms with Gasteiger partial charge in [-0.1, -0.05) is 35.1 Å². The topological polar surface area (TPSA) is 46.1 Å². The lowest BCUT2D eigenvalue weighted by atomic mass is 10.2. The van der Waals surface area contributed by atoms with Crippen LogP contribution in [0.5, 0.6) is 0 Å². The fourth-order valence-corrected chi connectivity index (χ4v) is 3.59. The molecular weight excluding hydrogens is 373 g/mol. The molecule has 1 heterocycles. The number of rotatable bonds is 5. The first-order valence-electron chi connectivity index (χ1n) is 8.27. The molecule has 4 rings (SSSR count). The number of anilines is 1. The summed E-state index contributed by atoms with van der Waals surface area (Å²) in [6.07, 6.45) is 2.22. The van der Waals surface area contributed by atoms with Crippen molar-refractivity contribution in [3.63, 3.8) is 0 Å². The highest BCUT2D eigenvalue weighted by atomic mass is 35.5. The number of benzene rings is 2. The quantitative estimate of drug-likeness (QED) is 0.615. The van der Waals surface area contributed by atoms with Gasteiger partial charge in [-0.2, -0.15) is 0 Å². The van der Waals surface area contributed by atoms with Gasteiger partial charge in [-0.3, -0.25) is 9.69 Å². The van der Waals surface area contributed by atoms with Crippen LogP contribution in [0.15, 0.2) is 48.5 Å². The fraction of sp³-hybridized carbons (Fsp3) is 0.211. The lowest BCUT2D eigenvalue weighted by Crippen LogP contribution is -2.32. The van der Waals surface area contributed by atoms with E-state index < -0.39 is 0 Å². The summed E-state index contributed by atoms with van der Waals surface area (Å²) in [6.45, 7) is 0.610. The van der Waals surface area contributed by atoms with E-state index in [2.05, 4.69) is 10.2 Å². The molecule has 0 N–H and O–H groups in total. The lowest BCUT2D eigenvalue weighted by Gasteiger charge is -2.19. The summed E-state index contributed by atoms with van der Waals surface area (Å²) in [5.74, 6) is 0.0367. The predicted molar refractivity (Wildman–Crippen MR) is 101 cm³/mol. The molecule has 1 saturated carbocycles. The van der Waals surface area contributed by atoms with Crippen LogP contribution in [0.4, 0.5) is 9.52 Å². The molecule has 132 valence electrons. The maximum absolute atomic E-state index is 13.5. The molecule has 2 aromatic carbocycles. The van der Waals surface area contributed by atoms with Gasteiger partial charge in [-0.15, -0.1) is 10.2 Å². The van der Waals surface area contributed by atoms with E-state index in [1.165, 1.54) is 23.5 Å². The number of hydrogen-bond donors (Lipinski definition) is 0. The van der Waals surface area contributed by atoms with Crippen LogP contribution < -0.4 is 4.90 Å². The summed E-state index contributed by atoms with van der Waals surface area (Å²) in [4.78, 5) is 14.6. The Kier molecular flexibility index (Phi) is 4.70. The average molecular weight is 388 g/mol. The van der Waals surface area contributed by atoms with Crippen LogP contribution in [-0.2, 0) is 0 Å². The van der Waals surface area contributed by atoms with Gasteiger partial charge in [0.05, 0.1) is 0 Å². The molecule has 0 radical (unpaired) electrons. The highest BCUT2D eigenvalue weighted by Gasteiger charge is 2.30. The first-order chi connectivity index (χ1) is 12.6. The summed E-state index contributed by atoms with van der Waals surface area (Å²) in [5, 5.41) is 10.0. The standard InChI is InChI=1S/C19H15ClFN3OS/c20-15-8-6-13(7-9-15)18(25)24(11-12-4-5-12)19-23-22-17(26-19)14-2-1-3-16(21)10-14/h1-3,6-10,12H,4-5,11H2. The van der Waals surface area contributed by atoms with E-state index in [0.717, 1.165) is 12.8 Å². The molecule has 0 bridgehead atoms. The predicted octanol–water partition coefficient (Wildman–Crippen LogP) is 5.05. The Bertz CT molecular complexity index is 940. The van der Waals surface area contributed by atoms with Crippen LogP contribution in [0.3, 0.4) is 0 Å². The van der Waals surface area contributed by atoms with Crippen LogP contribution in [-0.4, -0.2) is 22.6 Å². The first kappa shape index (κ1) is 17.1. The van der Waals surface area contributed by atoms with E-state index in [9.17, 15) is 9.18 Å². The smallest absolute Gasteiger partial charge is 0.260 e. The third kappa shape index (κ3) is 3.76. The van der Waals surface area contributed by atoms with Crippen molar-refractivity contribution in [3.8, 4) is 10.6 Å². The normalized spacial score (nSPS) is 13.6. The first-order valence-corrected chi connectivity index (χ1v) is 9.46. The lowest BCUT2D eigenvalue weighted by molar-refractivity contribution is 0.0985. The molecule has 1 aliphatic rings. The summed E-state index contributed by atoms with van der Waals surface area (Å²) in [5.41, 5.74) is 1.21. The highest BCUT2D eigenvalue weighted by molar-refractivity contribution is 7.18. The third-order valence-electron chi connectivity index (χ3n) is 4.19. The van der Waals surface area contributed by atoms with Gasteiger partial charge in [0.1, 0.15) is 10.8 Å². The van der Waals surface area contributed by atoms with Crippen molar-refractivity contribution in [1.82, 2.24) is 10.2 Å². The number of aromatic nitrogens is 2. The van der Waals surface area contributed by atoms with E-state index in [4.69, 9.17) is 11.6 Å². The molecule has 0 aliphatic heterocycles. The minimum absolute atomic E-state index is 0.129. The summed E-state index contributed by atoms with van der Waals surface area (Å²) < 4.78 is 13.5. The second-order valence-corrected chi connectivity index (χ2v) is 7.66. The van der Waals surface area contributed by atoms with Crippen molar-refractivity contribution in [3.05, 3.63) is 64.9 Å². The highest BCUT2D eigenvalue weighted by Crippen LogP contribution is 2.35. The molecule has 3 aromatic rings. The van der Waals surface area contributed by atoms with Gasteiger partial charge in [0, 0.05) is 22.7 Å². The molecule has 26 heavy (non-hydrogen) atoms. The van der Waals surface area contributed by atoms with Gasteiger partial charge >= 0.3 is 0 Å². The summed E-state index contributed by atoms with van der Waals surface area (Å²) >= 11 is 7.20. The zero-order valence-corrected chi connectivity index (χ0v) is 15.3. The van der Waals surface area contributed by atoms with Crippen molar-refractivity contribution in [2.45, 2.75) is 12.8 Å². The Hall–Kier alpha value is -2.31. The number of carbonyl (C=O) groups is 1. The van der Waals surface area contributed by atoms with Crippen molar-refractivity contribution in [2.24, 2.45) is 5.92 Å². The van der Waals surface area contributed by atoms with Crippen molar-refractivity contribution < 1.29 is 9.18 Å². The molecule has 1 aliphatic carbocycles. The maximum Gasteiger partial charge on any atom is 0.260 e. The van der Waals surface area contributed by atoms with Crippen molar-refractivity contribution in [1.29, 1.82) is 0 Å². The van der Waals surface area contributed by atoms with Crippen LogP contribution in [0.2, 0.25) is 5.02 Å². The summed E-state index contributed by atoms with van der Waals surface area (Å²) in [7, 11) is 0. The number of carbonyl (C=O) groups excluding carboxylic acids is 1. The molecule has 7 heteroatoms. The van der Waals surface area contributed by atoms with Gasteiger partial charge in [-0.05, 0) is 55.2 Å². The van der Waals surface area contributed by atoms with E-state index >= 15 is 0 Å². The molecule has 1 fully saturated rings. The molecule has 0 saturated heterocycles. The number of halogens is 2. The zero-order valence-electron chi connectivity index (χ0n) is 13.7. The van der Waals surface area contributed by atoms with Gasteiger partial charge in [0.15, 0.2) is 0 Å². The van der Waals surface area contributed by atoms with E-state index in [-0.39, 0.29) is 11.7 Å². The van der Waals surface area contributed by atoms with Crippen LogP contribution in [0.25, 0.3) is 10.6 Å². The largest absolute Gasteiger partial charge is 0.282 e. The third-order valence-corrected chi connectivity index (χ3v) is 5.44. The number of nitrogens with zero attached hydrogens (tertiary/aromatic N) is 3. The van der Waals surface area contributed by atoms with Gasteiger partial charge < -0.3 is 0 Å². The Morgan fingerprint density at radius 1 is 1.19 bits per heavy atom. The Balaban J connectivity index is 1.64. The molecule has 0 spiro atoms. The van der Waals surface area contributed by atoms with Crippen LogP contribution >= 0.6 is 22.9 Å². The average Bonchev–Trinajstić information content (AvgIpc) is 3.33. The molecular formula is C19H15ClFN3OS. The van der Waals surface area contributed by atoms with Gasteiger partial charge in [0.2, 0.25) is 5.13 Å². The maximum atomic E-state index is 13.5. The number of hydrogen-bond acceptors (Lipinski definition) is 4. The Morgan fingerprint density at radius 3 is 2.65 bits per heavy atom. The van der Waals surface area contributed by atoms with Gasteiger partial charge in [0.25, 0.3) is 5.91 Å². The van der Waals surface area contributed by atoms with E-state index in [1.807, 2.05) is 0 Å². The van der Waals surface area contributed by atoms with Crippen molar-refractivity contribution in [2.75, 3.05) is 11.4 Å². The zero-order chi connectivity index (χ0) is 18.1. The summed E-state index contributed by atoms with van der Waals surface area (Å²) in [6, 6.07) is 13.0. The molecule has 0 atom stereocenters. The fourth-order valence-electron chi connectivity index (χ4n) is 2.62. The molecule has 0 unspecified atom stereocenters. The van der Waals surface area contributed by atoms with E-state index in [0.29, 0.717) is 38.8 Å². The second-order valence-electron chi connectivity index (χ2n) is 6.27. The minimum atomic E-state index is -0.327. The molecule has 4 nitrogen and oxygen atoms in total. The van der Waals surface area contributed by atoms with Crippen LogP contribution in [0, 0.1) is 11.7 Å². The SMILES string of the molecule is O=C(c1ccc(Cl)cc1)N(CC1CC1)c1nnc(-c2cccc(F)c2)s1. The molecule has 1 aromatic heterocycles. The Labute approximate surface area is 159 Å². The Morgan fingerprint density at radius 2 is 1.96 bits per heavy atom. The second kappa shape index (κ2) is 7.13. The monoisotopic (exact) mass is 387 g/mol.